The number of thioether (sulfide) groups is 1. The van der Waals surface area contributed by atoms with Crippen molar-refractivity contribution in [3.63, 3.8) is 0 Å². The fraction of sp³-hybridized carbons (Fsp3) is 0.389. The van der Waals surface area contributed by atoms with Gasteiger partial charge in [-0.1, -0.05) is 13.3 Å². The summed E-state index contributed by atoms with van der Waals surface area (Å²) in [6.45, 7) is 3.07. The Morgan fingerprint density at radius 2 is 1.96 bits per heavy atom. The number of amides is 1. The Labute approximate surface area is 150 Å². The lowest BCUT2D eigenvalue weighted by molar-refractivity contribution is 0.0946. The van der Waals surface area contributed by atoms with Crippen LogP contribution in [0.15, 0.2) is 46.1 Å². The maximum absolute atomic E-state index is 12.8. The van der Waals surface area contributed by atoms with Crippen molar-refractivity contribution in [1.29, 1.82) is 0 Å². The van der Waals surface area contributed by atoms with Gasteiger partial charge in [0.15, 0.2) is 0 Å². The SMILES string of the molecule is CCCCn1nc(C(=O)NCCCSc2ccc(F)cc2)ccc1=O. The highest BCUT2D eigenvalue weighted by molar-refractivity contribution is 7.99. The van der Waals surface area contributed by atoms with Crippen LogP contribution >= 0.6 is 11.8 Å². The summed E-state index contributed by atoms with van der Waals surface area (Å²) >= 11 is 1.61. The summed E-state index contributed by atoms with van der Waals surface area (Å²) in [4.78, 5) is 24.8. The molecule has 0 unspecified atom stereocenters. The number of rotatable bonds is 9. The van der Waals surface area contributed by atoms with Gasteiger partial charge >= 0.3 is 0 Å². The molecule has 134 valence electrons. The number of nitrogens with one attached hydrogen (secondary N) is 1. The number of aryl methyl sites for hydroxylation is 1. The van der Waals surface area contributed by atoms with Crippen LogP contribution in [0, 0.1) is 5.82 Å². The third kappa shape index (κ3) is 6.34. The highest BCUT2D eigenvalue weighted by atomic mass is 32.2. The van der Waals surface area contributed by atoms with Crippen LogP contribution in [0.1, 0.15) is 36.7 Å². The standard InChI is InChI=1S/C18H22FN3O2S/c1-2-3-12-22-17(23)10-9-16(21-22)18(24)20-11-4-13-25-15-7-5-14(19)6-8-15/h5-10H,2-4,11-13H2,1H3,(H,20,24). The summed E-state index contributed by atoms with van der Waals surface area (Å²) in [7, 11) is 0. The number of hydrogen-bond acceptors (Lipinski definition) is 4. The molecule has 1 aromatic carbocycles. The molecule has 0 aliphatic carbocycles. The second-order valence-corrected chi connectivity index (χ2v) is 6.71. The number of aromatic nitrogens is 2. The summed E-state index contributed by atoms with van der Waals surface area (Å²) in [5, 5.41) is 6.92. The third-order valence-corrected chi connectivity index (χ3v) is 4.61. The monoisotopic (exact) mass is 363 g/mol. The number of benzene rings is 1. The van der Waals surface area contributed by atoms with Gasteiger partial charge in [-0.05, 0) is 48.9 Å². The Morgan fingerprint density at radius 1 is 1.20 bits per heavy atom. The molecule has 0 spiro atoms. The minimum atomic E-state index is -0.281. The summed E-state index contributed by atoms with van der Waals surface area (Å²) in [5.74, 6) is 0.288. The normalized spacial score (nSPS) is 10.6. The van der Waals surface area contributed by atoms with Gasteiger partial charge in [0.1, 0.15) is 11.5 Å². The number of unbranched alkanes of at least 4 members (excludes halogenated alkanes) is 1. The predicted molar refractivity (Wildman–Crippen MR) is 97.5 cm³/mol. The van der Waals surface area contributed by atoms with E-state index in [9.17, 15) is 14.0 Å². The molecule has 1 aromatic heterocycles. The molecule has 1 amide bonds. The molecule has 0 aliphatic heterocycles. The largest absolute Gasteiger partial charge is 0.351 e. The van der Waals surface area contributed by atoms with E-state index in [2.05, 4.69) is 10.4 Å². The van der Waals surface area contributed by atoms with Crippen molar-refractivity contribution in [3.05, 3.63) is 58.3 Å². The Hall–Kier alpha value is -2.15. The summed E-state index contributed by atoms with van der Waals surface area (Å²) in [6, 6.07) is 9.17. The second-order valence-electron chi connectivity index (χ2n) is 5.55. The molecule has 0 saturated heterocycles. The topological polar surface area (TPSA) is 64.0 Å². The zero-order valence-corrected chi connectivity index (χ0v) is 15.0. The number of nitrogens with zero attached hydrogens (tertiary/aromatic N) is 2. The fourth-order valence-electron chi connectivity index (χ4n) is 2.12. The average Bonchev–Trinajstić information content (AvgIpc) is 2.62. The first-order chi connectivity index (χ1) is 12.1. The van der Waals surface area contributed by atoms with Crippen LogP contribution in [0.4, 0.5) is 4.39 Å². The van der Waals surface area contributed by atoms with Crippen molar-refractivity contribution in [1.82, 2.24) is 15.1 Å². The van der Waals surface area contributed by atoms with Crippen molar-refractivity contribution >= 4 is 17.7 Å². The van der Waals surface area contributed by atoms with Crippen LogP contribution in [-0.2, 0) is 6.54 Å². The smallest absolute Gasteiger partial charge is 0.271 e. The lowest BCUT2D eigenvalue weighted by Crippen LogP contribution is -2.30. The molecular formula is C18H22FN3O2S. The minimum Gasteiger partial charge on any atom is -0.351 e. The first kappa shape index (κ1) is 19.2. The lowest BCUT2D eigenvalue weighted by Gasteiger charge is -2.07. The fourth-order valence-corrected chi connectivity index (χ4v) is 2.98. The molecule has 0 radical (unpaired) electrons. The summed E-state index contributed by atoms with van der Waals surface area (Å²) < 4.78 is 14.2. The van der Waals surface area contributed by atoms with Crippen LogP contribution in [0.3, 0.4) is 0 Å². The van der Waals surface area contributed by atoms with E-state index in [1.165, 1.54) is 28.9 Å². The maximum atomic E-state index is 12.8. The maximum Gasteiger partial charge on any atom is 0.271 e. The molecule has 7 heteroatoms. The van der Waals surface area contributed by atoms with Gasteiger partial charge in [0, 0.05) is 24.1 Å². The molecule has 2 aromatic rings. The highest BCUT2D eigenvalue weighted by Gasteiger charge is 2.09. The molecule has 1 N–H and O–H groups in total. The van der Waals surface area contributed by atoms with Crippen LogP contribution in [0.25, 0.3) is 0 Å². The van der Waals surface area contributed by atoms with E-state index in [0.717, 1.165) is 29.9 Å². The highest BCUT2D eigenvalue weighted by Crippen LogP contribution is 2.18. The van der Waals surface area contributed by atoms with Crippen LogP contribution in [0.5, 0.6) is 0 Å². The van der Waals surface area contributed by atoms with E-state index in [1.54, 1.807) is 23.9 Å². The molecule has 0 saturated carbocycles. The van der Waals surface area contributed by atoms with Gasteiger partial charge < -0.3 is 5.32 Å². The van der Waals surface area contributed by atoms with Gasteiger partial charge in [0.05, 0.1) is 0 Å². The second kappa shape index (κ2) is 9.98. The molecule has 0 aliphatic rings. The minimum absolute atomic E-state index is 0.194. The molecule has 0 fully saturated rings. The Balaban J connectivity index is 1.76. The van der Waals surface area contributed by atoms with Gasteiger partial charge in [-0.25, -0.2) is 9.07 Å². The van der Waals surface area contributed by atoms with E-state index < -0.39 is 0 Å². The molecule has 5 nitrogen and oxygen atoms in total. The Bertz CT molecular complexity index is 747. The van der Waals surface area contributed by atoms with E-state index in [1.807, 2.05) is 6.92 Å². The Morgan fingerprint density at radius 3 is 2.68 bits per heavy atom. The van der Waals surface area contributed by atoms with Gasteiger partial charge in [0.2, 0.25) is 0 Å². The lowest BCUT2D eigenvalue weighted by atomic mass is 10.3. The molecule has 2 rings (SSSR count). The molecule has 25 heavy (non-hydrogen) atoms. The average molecular weight is 363 g/mol. The van der Waals surface area contributed by atoms with Crippen molar-refractivity contribution < 1.29 is 9.18 Å². The van der Waals surface area contributed by atoms with E-state index in [0.29, 0.717) is 13.1 Å². The van der Waals surface area contributed by atoms with E-state index in [-0.39, 0.29) is 23.0 Å². The molecule has 0 atom stereocenters. The summed E-state index contributed by atoms with van der Waals surface area (Å²) in [5.41, 5.74) is 0.0580. The zero-order valence-electron chi connectivity index (χ0n) is 14.2. The number of carbonyl (C=O) groups is 1. The first-order valence-electron chi connectivity index (χ1n) is 8.35. The number of hydrogen-bond donors (Lipinski definition) is 1. The van der Waals surface area contributed by atoms with Gasteiger partial charge in [-0.2, -0.15) is 5.10 Å². The number of halogens is 1. The van der Waals surface area contributed by atoms with Gasteiger partial charge in [-0.15, -0.1) is 11.8 Å². The van der Waals surface area contributed by atoms with Crippen molar-refractivity contribution in [2.24, 2.45) is 0 Å². The van der Waals surface area contributed by atoms with E-state index >= 15 is 0 Å². The number of carbonyl (C=O) groups excluding carboxylic acids is 1. The molecule has 1 heterocycles. The van der Waals surface area contributed by atoms with Crippen molar-refractivity contribution in [2.75, 3.05) is 12.3 Å². The Kier molecular flexibility index (Phi) is 7.66. The van der Waals surface area contributed by atoms with Gasteiger partial charge in [0.25, 0.3) is 11.5 Å². The predicted octanol–water partition coefficient (Wildman–Crippen LogP) is 3.09. The first-order valence-corrected chi connectivity index (χ1v) is 9.33. The summed E-state index contributed by atoms with van der Waals surface area (Å²) in [6.07, 6.45) is 2.58. The van der Waals surface area contributed by atoms with Crippen LogP contribution in [0.2, 0.25) is 0 Å². The van der Waals surface area contributed by atoms with Crippen molar-refractivity contribution in [3.8, 4) is 0 Å². The van der Waals surface area contributed by atoms with Crippen LogP contribution < -0.4 is 10.9 Å². The van der Waals surface area contributed by atoms with Gasteiger partial charge in [-0.3, -0.25) is 9.59 Å². The van der Waals surface area contributed by atoms with Crippen molar-refractivity contribution in [2.45, 2.75) is 37.6 Å². The molecule has 0 bridgehead atoms. The molecular weight excluding hydrogens is 341 g/mol. The quantitative estimate of drug-likeness (QED) is 0.549. The van der Waals surface area contributed by atoms with Crippen LogP contribution in [-0.4, -0.2) is 28.0 Å². The third-order valence-electron chi connectivity index (χ3n) is 3.51. The van der Waals surface area contributed by atoms with E-state index in [4.69, 9.17) is 0 Å². The zero-order chi connectivity index (χ0) is 18.1.